The number of hydrogen-bond acceptors (Lipinski definition) is 10. The first-order valence-corrected chi connectivity index (χ1v) is 30.1. The molecule has 0 radical (unpaired) electrons. The van der Waals surface area contributed by atoms with Crippen molar-refractivity contribution in [3.63, 3.8) is 0 Å². The maximum atomic E-state index is 13.1. The van der Waals surface area contributed by atoms with Gasteiger partial charge in [0.2, 0.25) is 5.91 Å². The van der Waals surface area contributed by atoms with Crippen molar-refractivity contribution in [2.24, 2.45) is 0 Å². The molecule has 1 heterocycles. The smallest absolute Gasteiger partial charge is 0.249 e. The number of aliphatic hydroxyl groups is 7. The minimum atomic E-state index is -1.68. The molecule has 9 unspecified atom stereocenters. The van der Waals surface area contributed by atoms with E-state index in [0.717, 1.165) is 57.8 Å². The largest absolute Gasteiger partial charge is 0.394 e. The summed E-state index contributed by atoms with van der Waals surface area (Å²) in [4.78, 5) is 13.1. The molecule has 422 valence electrons. The Kier molecular flexibility index (Phi) is 47.2. The molecule has 0 aromatic heterocycles. The highest BCUT2D eigenvalue weighted by Crippen LogP contribution is 2.23. The molecule has 1 fully saturated rings. The summed E-state index contributed by atoms with van der Waals surface area (Å²) < 4.78 is 11.1. The lowest BCUT2D eigenvalue weighted by Crippen LogP contribution is -2.60. The summed E-state index contributed by atoms with van der Waals surface area (Å²) in [5.41, 5.74) is 0. The van der Waals surface area contributed by atoms with Crippen molar-refractivity contribution in [2.75, 3.05) is 13.2 Å². The third-order valence-corrected chi connectivity index (χ3v) is 14.4. The van der Waals surface area contributed by atoms with Crippen LogP contribution in [-0.2, 0) is 14.3 Å². The van der Waals surface area contributed by atoms with Crippen LogP contribution in [0.15, 0.2) is 48.6 Å². The van der Waals surface area contributed by atoms with E-state index in [1.807, 2.05) is 0 Å². The van der Waals surface area contributed by atoms with E-state index in [1.54, 1.807) is 0 Å². The number of hydrogen-bond donors (Lipinski definition) is 8. The van der Waals surface area contributed by atoms with Crippen LogP contribution in [0.3, 0.4) is 0 Å². The van der Waals surface area contributed by atoms with Crippen LogP contribution >= 0.6 is 0 Å². The maximum Gasteiger partial charge on any atom is 0.249 e. The fourth-order valence-electron chi connectivity index (χ4n) is 9.45. The molecule has 72 heavy (non-hydrogen) atoms. The van der Waals surface area contributed by atoms with Crippen molar-refractivity contribution in [3.8, 4) is 0 Å². The van der Waals surface area contributed by atoms with Gasteiger partial charge in [-0.05, 0) is 77.0 Å². The standard InChI is InChI=1S/C61H113NO10/c1-3-5-7-9-11-13-15-17-19-20-21-22-23-24-25-26-27-28-29-30-31-32-33-34-35-37-38-40-42-44-46-48-53(64)56(66)52(51-71-61-59(69)58(68)57(67)55(50-63)72-61)62-60(70)54(65)49-47-45-43-41-39-36-18-16-14-12-10-8-6-4-2/h12,14,16,18,34-35,40,42,52-59,61,63-69H,3-11,13,15,17,19-33,36-39,41,43-51H2,1-2H3,(H,62,70)/b14-12-,18-16-,35-34+,42-40+. The van der Waals surface area contributed by atoms with Gasteiger partial charge in [-0.2, -0.15) is 0 Å². The Morgan fingerprint density at radius 3 is 1.35 bits per heavy atom. The Morgan fingerprint density at radius 2 is 0.875 bits per heavy atom. The Bertz CT molecular complexity index is 1310. The zero-order valence-electron chi connectivity index (χ0n) is 46.2. The molecule has 0 aliphatic carbocycles. The van der Waals surface area contributed by atoms with Crippen LogP contribution in [-0.4, -0.2) is 110 Å². The highest BCUT2D eigenvalue weighted by Gasteiger charge is 2.44. The van der Waals surface area contributed by atoms with Crippen molar-refractivity contribution < 1.29 is 50.0 Å². The highest BCUT2D eigenvalue weighted by molar-refractivity contribution is 5.80. The molecule has 11 nitrogen and oxygen atoms in total. The van der Waals surface area contributed by atoms with E-state index in [2.05, 4.69) is 67.8 Å². The monoisotopic (exact) mass is 1020 g/mol. The fraction of sp³-hybridized carbons (Fsp3) is 0.852. The molecule has 1 saturated heterocycles. The van der Waals surface area contributed by atoms with Gasteiger partial charge in [-0.1, -0.05) is 236 Å². The second-order valence-corrected chi connectivity index (χ2v) is 21.1. The van der Waals surface area contributed by atoms with Gasteiger partial charge in [0.05, 0.1) is 25.4 Å². The zero-order chi connectivity index (χ0) is 52.5. The van der Waals surface area contributed by atoms with Crippen LogP contribution in [0.2, 0.25) is 0 Å². The number of ether oxygens (including phenoxy) is 2. The zero-order valence-corrected chi connectivity index (χ0v) is 46.2. The van der Waals surface area contributed by atoms with E-state index in [1.165, 1.54) is 161 Å². The normalized spacial score (nSPS) is 20.4. The van der Waals surface area contributed by atoms with E-state index >= 15 is 0 Å². The number of carbonyl (C=O) groups is 1. The summed E-state index contributed by atoms with van der Waals surface area (Å²) >= 11 is 0. The lowest BCUT2D eigenvalue weighted by molar-refractivity contribution is -0.303. The van der Waals surface area contributed by atoms with Gasteiger partial charge in [0.1, 0.15) is 36.6 Å². The van der Waals surface area contributed by atoms with Crippen molar-refractivity contribution in [3.05, 3.63) is 48.6 Å². The number of unbranched alkanes of at least 4 members (excludes halogenated alkanes) is 32. The topological polar surface area (TPSA) is 189 Å². The van der Waals surface area contributed by atoms with Gasteiger partial charge < -0.3 is 50.5 Å². The Labute approximate surface area is 440 Å². The first-order chi connectivity index (χ1) is 35.2. The molecule has 1 rings (SSSR count). The van der Waals surface area contributed by atoms with Crippen LogP contribution in [0.4, 0.5) is 0 Å². The second-order valence-electron chi connectivity index (χ2n) is 21.1. The summed E-state index contributed by atoms with van der Waals surface area (Å²) in [5.74, 6) is -0.723. The van der Waals surface area contributed by atoms with Crippen molar-refractivity contribution in [1.29, 1.82) is 0 Å². The molecule has 1 aliphatic rings. The third kappa shape index (κ3) is 37.7. The first kappa shape index (κ1) is 68.1. The number of allylic oxidation sites excluding steroid dienone is 8. The Balaban J connectivity index is 2.27. The van der Waals surface area contributed by atoms with Crippen molar-refractivity contribution in [2.45, 2.75) is 319 Å². The molecule has 9 atom stereocenters. The quantitative estimate of drug-likeness (QED) is 0.0165. The fourth-order valence-corrected chi connectivity index (χ4v) is 9.45. The molecular formula is C61H113NO10. The third-order valence-electron chi connectivity index (χ3n) is 14.4. The van der Waals surface area contributed by atoms with E-state index in [4.69, 9.17) is 9.47 Å². The minimum Gasteiger partial charge on any atom is -0.394 e. The molecule has 1 aliphatic heterocycles. The van der Waals surface area contributed by atoms with Crippen LogP contribution in [0.5, 0.6) is 0 Å². The molecule has 0 saturated carbocycles. The number of carbonyl (C=O) groups excluding carboxylic acids is 1. The molecular weight excluding hydrogens is 907 g/mol. The number of nitrogens with one attached hydrogen (secondary N) is 1. The molecule has 0 bridgehead atoms. The lowest BCUT2D eigenvalue weighted by atomic mass is 9.98. The van der Waals surface area contributed by atoms with Gasteiger partial charge in [-0.15, -0.1) is 0 Å². The van der Waals surface area contributed by atoms with Gasteiger partial charge in [0.25, 0.3) is 0 Å². The van der Waals surface area contributed by atoms with Gasteiger partial charge in [0, 0.05) is 0 Å². The average molecular weight is 1020 g/mol. The van der Waals surface area contributed by atoms with Crippen LogP contribution in [0.25, 0.3) is 0 Å². The lowest BCUT2D eigenvalue weighted by Gasteiger charge is -2.40. The van der Waals surface area contributed by atoms with Crippen molar-refractivity contribution in [1.82, 2.24) is 5.32 Å². The Hall–Kier alpha value is -1.93. The van der Waals surface area contributed by atoms with E-state index in [0.29, 0.717) is 19.3 Å². The predicted molar refractivity (Wildman–Crippen MR) is 298 cm³/mol. The molecule has 0 spiro atoms. The maximum absolute atomic E-state index is 13.1. The summed E-state index contributed by atoms with van der Waals surface area (Å²) in [7, 11) is 0. The molecule has 8 N–H and O–H groups in total. The van der Waals surface area contributed by atoms with Gasteiger partial charge in [0.15, 0.2) is 6.29 Å². The van der Waals surface area contributed by atoms with E-state index in [9.17, 15) is 40.5 Å². The molecule has 0 aromatic carbocycles. The summed E-state index contributed by atoms with van der Waals surface area (Å²) in [6.07, 6.45) is 51.9. The average Bonchev–Trinajstić information content (AvgIpc) is 3.38. The summed E-state index contributed by atoms with van der Waals surface area (Å²) in [6.45, 7) is 3.41. The SMILES string of the molecule is CCCCC/C=C\C=C/CCCCCCCC(O)C(=O)NC(COC1OC(CO)C(O)C(O)C1O)C(O)C(O)CCC/C=C/CC/C=C/CCCCCCCCCCCCCCCCCCCCCCCC. The molecule has 11 heteroatoms. The van der Waals surface area contributed by atoms with Gasteiger partial charge in [-0.3, -0.25) is 4.79 Å². The minimum absolute atomic E-state index is 0.231. The number of aliphatic hydroxyl groups excluding tert-OH is 7. The molecule has 1 amide bonds. The van der Waals surface area contributed by atoms with E-state index in [-0.39, 0.29) is 12.8 Å². The first-order valence-electron chi connectivity index (χ1n) is 30.1. The predicted octanol–water partition coefficient (Wildman–Crippen LogP) is 12.8. The van der Waals surface area contributed by atoms with Crippen LogP contribution in [0, 0.1) is 0 Å². The summed E-state index contributed by atoms with van der Waals surface area (Å²) in [5, 5.41) is 76.0. The van der Waals surface area contributed by atoms with Crippen molar-refractivity contribution >= 4 is 5.91 Å². The number of amides is 1. The van der Waals surface area contributed by atoms with Crippen LogP contribution < -0.4 is 5.32 Å². The Morgan fingerprint density at radius 1 is 0.486 bits per heavy atom. The second kappa shape index (κ2) is 49.9. The van der Waals surface area contributed by atoms with Crippen LogP contribution in [0.1, 0.15) is 264 Å². The van der Waals surface area contributed by atoms with Gasteiger partial charge in [-0.25, -0.2) is 0 Å². The molecule has 0 aromatic rings. The highest BCUT2D eigenvalue weighted by atomic mass is 16.7. The van der Waals surface area contributed by atoms with Gasteiger partial charge >= 0.3 is 0 Å². The van der Waals surface area contributed by atoms with E-state index < -0.39 is 74.2 Å². The summed E-state index contributed by atoms with van der Waals surface area (Å²) in [6, 6.07) is -1.20. The number of rotatable bonds is 51.